The van der Waals surface area contributed by atoms with Crippen molar-refractivity contribution in [1.29, 1.82) is 0 Å². The van der Waals surface area contributed by atoms with Crippen LogP contribution in [0.2, 0.25) is 0 Å². The van der Waals surface area contributed by atoms with Gasteiger partial charge in [-0.05, 0) is 75.2 Å². The molecule has 4 atom stereocenters. The van der Waals surface area contributed by atoms with Crippen molar-refractivity contribution in [3.8, 4) is 34.5 Å². The minimum atomic E-state index is -1.53. The highest BCUT2D eigenvalue weighted by atomic mass is 16.6. The number of ketones is 1. The third kappa shape index (κ3) is 5.20. The zero-order valence-electron chi connectivity index (χ0n) is 22.4. The summed E-state index contributed by atoms with van der Waals surface area (Å²) in [4.78, 5) is 12.9. The maximum atomic E-state index is 12.9. The number of Topliss-reactive ketones (excluding diaryl/α,β-unsaturated/α-hetero) is 1. The fourth-order valence-electron chi connectivity index (χ4n) is 4.75. The number of aliphatic hydroxyl groups excluding tert-OH is 1. The van der Waals surface area contributed by atoms with Gasteiger partial charge in [0.25, 0.3) is 0 Å². The molecule has 5 rings (SSSR count). The lowest BCUT2D eigenvalue weighted by Crippen LogP contribution is -2.39. The first kappa shape index (κ1) is 26.6. The molecular weight excluding hydrogens is 504 g/mol. The van der Waals surface area contributed by atoms with Crippen LogP contribution < -0.4 is 18.9 Å². The van der Waals surface area contributed by atoms with E-state index in [1.165, 1.54) is 19.2 Å². The number of benzene rings is 3. The third-order valence-electron chi connectivity index (χ3n) is 6.66. The Morgan fingerprint density at radius 2 is 1.54 bits per heavy atom. The van der Waals surface area contributed by atoms with E-state index in [1.807, 2.05) is 20.8 Å². The molecule has 3 aromatic carbocycles. The second kappa shape index (κ2) is 9.98. The molecule has 0 bridgehead atoms. The number of carbonyl (C=O) groups is 1. The molecule has 0 amide bonds. The summed E-state index contributed by atoms with van der Waals surface area (Å²) in [5.74, 6) is 0.494. The van der Waals surface area contributed by atoms with Crippen molar-refractivity contribution < 1.29 is 43.8 Å². The van der Waals surface area contributed by atoms with Crippen molar-refractivity contribution in [2.45, 2.75) is 57.7 Å². The highest BCUT2D eigenvalue weighted by molar-refractivity contribution is 6.05. The Hall–Kier alpha value is -3.95. The number of aryl methyl sites for hydroxylation is 1. The van der Waals surface area contributed by atoms with Crippen LogP contribution in [-0.4, -0.2) is 52.6 Å². The minimum absolute atomic E-state index is 0.00203. The zero-order chi connectivity index (χ0) is 28.1. The molecule has 0 aromatic heterocycles. The van der Waals surface area contributed by atoms with Crippen molar-refractivity contribution in [2.24, 2.45) is 0 Å². The molecule has 3 aromatic rings. The second-order valence-corrected chi connectivity index (χ2v) is 10.8. The highest BCUT2D eigenvalue weighted by Gasteiger charge is 2.40. The number of carbonyl (C=O) groups excluding carboxylic acids is 1. The molecule has 2 aliphatic rings. The van der Waals surface area contributed by atoms with Crippen molar-refractivity contribution in [3.63, 3.8) is 0 Å². The number of phenols is 2. The fraction of sp³-hybridized carbons (Fsp3) is 0.367. The lowest BCUT2D eigenvalue weighted by molar-refractivity contribution is -0.0822. The number of rotatable bonds is 5. The summed E-state index contributed by atoms with van der Waals surface area (Å²) in [5, 5.41) is 31.2. The maximum absolute atomic E-state index is 12.9. The van der Waals surface area contributed by atoms with E-state index < -0.39 is 35.8 Å². The normalized spacial score (nSPS) is 22.2. The number of aromatic hydroxyl groups is 2. The van der Waals surface area contributed by atoms with Crippen molar-refractivity contribution in [1.82, 2.24) is 0 Å². The molecule has 0 spiro atoms. The molecule has 3 N–H and O–H groups in total. The van der Waals surface area contributed by atoms with Gasteiger partial charge < -0.3 is 39.0 Å². The molecule has 1 unspecified atom stereocenters. The second-order valence-electron chi connectivity index (χ2n) is 10.8. The fourth-order valence-corrected chi connectivity index (χ4v) is 4.75. The average molecular weight is 537 g/mol. The Morgan fingerprint density at radius 3 is 2.26 bits per heavy atom. The molecule has 0 aliphatic carbocycles. The molecule has 206 valence electrons. The van der Waals surface area contributed by atoms with Crippen molar-refractivity contribution in [2.75, 3.05) is 13.7 Å². The first-order valence-corrected chi connectivity index (χ1v) is 12.7. The van der Waals surface area contributed by atoms with Gasteiger partial charge in [-0.3, -0.25) is 4.79 Å². The number of aliphatic hydroxyl groups is 1. The van der Waals surface area contributed by atoms with Gasteiger partial charge in [-0.15, -0.1) is 0 Å². The maximum Gasteiger partial charge on any atom is 0.202 e. The Morgan fingerprint density at radius 1 is 0.846 bits per heavy atom. The molecule has 9 nitrogen and oxygen atoms in total. The monoisotopic (exact) mass is 536 g/mol. The van der Waals surface area contributed by atoms with E-state index >= 15 is 0 Å². The number of hydrogen-bond acceptors (Lipinski definition) is 9. The standard InChI is InChI=1S/C30H32O9/c1-15-10-19(32)25-23(11-15)39-29(27(34)26(25)33)17-7-9-20-22(13-17)38-28(24(37-20)14-36-30(2,3)4)16-6-8-18(31)21(12-16)35-5/h6-13,24,27-29,31-32,34H,14H2,1-5H3/t24-,27+,28?,29-/m0/s1. The Labute approximate surface area is 226 Å². The number of methoxy groups -OCH3 is 1. The summed E-state index contributed by atoms with van der Waals surface area (Å²) >= 11 is 0. The van der Waals surface area contributed by atoms with Crippen LogP contribution in [0.5, 0.6) is 34.5 Å². The largest absolute Gasteiger partial charge is 0.507 e. The number of phenolic OH excluding ortho intramolecular Hbond substituents is 2. The van der Waals surface area contributed by atoms with E-state index in [4.69, 9.17) is 23.7 Å². The lowest BCUT2D eigenvalue weighted by Gasteiger charge is -2.36. The van der Waals surface area contributed by atoms with Gasteiger partial charge in [-0.25, -0.2) is 0 Å². The topological polar surface area (TPSA) is 124 Å². The third-order valence-corrected chi connectivity index (χ3v) is 6.66. The number of ether oxygens (including phenoxy) is 5. The van der Waals surface area contributed by atoms with Crippen LogP contribution in [0.15, 0.2) is 48.5 Å². The Balaban J connectivity index is 1.49. The summed E-state index contributed by atoms with van der Waals surface area (Å²) in [6.45, 7) is 7.86. The molecule has 0 saturated heterocycles. The summed E-state index contributed by atoms with van der Waals surface area (Å²) in [7, 11) is 1.47. The average Bonchev–Trinajstić information content (AvgIpc) is 2.88. The van der Waals surface area contributed by atoms with E-state index in [1.54, 1.807) is 43.3 Å². The first-order chi connectivity index (χ1) is 18.4. The van der Waals surface area contributed by atoms with Gasteiger partial charge in [0.05, 0.1) is 19.3 Å². The number of fused-ring (bicyclic) bond motifs is 2. The van der Waals surface area contributed by atoms with Crippen molar-refractivity contribution >= 4 is 5.78 Å². The summed E-state index contributed by atoms with van der Waals surface area (Å²) in [6, 6.07) is 13.1. The Bertz CT molecular complexity index is 1410. The van der Waals surface area contributed by atoms with Crippen LogP contribution in [0.25, 0.3) is 0 Å². The molecule has 2 aliphatic heterocycles. The van der Waals surface area contributed by atoms with Crippen LogP contribution in [-0.2, 0) is 4.74 Å². The molecule has 0 radical (unpaired) electrons. The number of hydrogen-bond donors (Lipinski definition) is 3. The predicted octanol–water partition coefficient (Wildman–Crippen LogP) is 4.79. The Kier molecular flexibility index (Phi) is 6.82. The SMILES string of the molecule is COc1cc(C2Oc3cc([C@@H]4Oc5cc(C)cc(O)c5C(=O)[C@H]4O)ccc3O[C@H]2COC(C)(C)C)ccc1O. The van der Waals surface area contributed by atoms with Gasteiger partial charge in [0.15, 0.2) is 47.4 Å². The van der Waals surface area contributed by atoms with Gasteiger partial charge in [-0.2, -0.15) is 0 Å². The van der Waals surface area contributed by atoms with Gasteiger partial charge in [0.1, 0.15) is 17.1 Å². The van der Waals surface area contributed by atoms with E-state index in [-0.39, 0.29) is 29.4 Å². The van der Waals surface area contributed by atoms with E-state index in [2.05, 4.69) is 0 Å². The predicted molar refractivity (Wildman–Crippen MR) is 141 cm³/mol. The molecule has 39 heavy (non-hydrogen) atoms. The lowest BCUT2D eigenvalue weighted by atomic mass is 9.92. The molecule has 2 heterocycles. The van der Waals surface area contributed by atoms with Crippen LogP contribution in [0.3, 0.4) is 0 Å². The zero-order valence-corrected chi connectivity index (χ0v) is 22.4. The van der Waals surface area contributed by atoms with E-state index in [0.29, 0.717) is 33.9 Å². The van der Waals surface area contributed by atoms with Gasteiger partial charge in [0, 0.05) is 5.56 Å². The quantitative estimate of drug-likeness (QED) is 0.422. The first-order valence-electron chi connectivity index (χ1n) is 12.7. The molecule has 9 heteroatoms. The summed E-state index contributed by atoms with van der Waals surface area (Å²) < 4.78 is 30.1. The van der Waals surface area contributed by atoms with Crippen molar-refractivity contribution in [3.05, 3.63) is 70.8 Å². The molecule has 0 fully saturated rings. The summed E-state index contributed by atoms with van der Waals surface area (Å²) in [5.41, 5.74) is 1.47. The molecular formula is C30H32O9. The van der Waals surface area contributed by atoms with E-state index in [0.717, 1.165) is 0 Å². The van der Waals surface area contributed by atoms with Crippen LogP contribution >= 0.6 is 0 Å². The van der Waals surface area contributed by atoms with Crippen LogP contribution in [0.4, 0.5) is 0 Å². The van der Waals surface area contributed by atoms with Crippen LogP contribution in [0.1, 0.15) is 60.0 Å². The molecule has 0 saturated carbocycles. The minimum Gasteiger partial charge on any atom is -0.507 e. The van der Waals surface area contributed by atoms with Crippen LogP contribution in [0, 0.1) is 6.92 Å². The van der Waals surface area contributed by atoms with E-state index in [9.17, 15) is 20.1 Å². The van der Waals surface area contributed by atoms with Gasteiger partial charge in [0.2, 0.25) is 5.78 Å². The van der Waals surface area contributed by atoms with Gasteiger partial charge in [-0.1, -0.05) is 12.1 Å². The smallest absolute Gasteiger partial charge is 0.202 e. The summed E-state index contributed by atoms with van der Waals surface area (Å²) in [6.07, 6.45) is -3.69. The highest BCUT2D eigenvalue weighted by Crippen LogP contribution is 2.45. The van der Waals surface area contributed by atoms with Gasteiger partial charge >= 0.3 is 0 Å².